The quantitative estimate of drug-likeness (QED) is 0.630. The maximum absolute atomic E-state index is 12.5. The van der Waals surface area contributed by atoms with Gasteiger partial charge < -0.3 is 10.5 Å². The summed E-state index contributed by atoms with van der Waals surface area (Å²) >= 11 is 5.48. The summed E-state index contributed by atoms with van der Waals surface area (Å²) in [6.07, 6.45) is -2.91. The first-order valence-corrected chi connectivity index (χ1v) is 4.17. The average molecular weight is 237 g/mol. The molecular formula is C8H7ClF2N2O2. The lowest BCUT2D eigenvalue weighted by atomic mass is 10.1. The standard InChI is InChI=1S/C8H7ClF2N2O2/c1-15-8(14)3-2-4(9)13-7(12)5(3)6(10)11/h2,6H,1H3,(H2,12,13). The zero-order valence-corrected chi connectivity index (χ0v) is 8.39. The molecule has 0 unspecified atom stereocenters. The van der Waals surface area contributed by atoms with Crippen molar-refractivity contribution in [3.05, 3.63) is 22.3 Å². The van der Waals surface area contributed by atoms with Gasteiger partial charge in [-0.2, -0.15) is 0 Å². The molecule has 4 nitrogen and oxygen atoms in total. The van der Waals surface area contributed by atoms with E-state index in [9.17, 15) is 13.6 Å². The van der Waals surface area contributed by atoms with Crippen LogP contribution in [0.25, 0.3) is 0 Å². The highest BCUT2D eigenvalue weighted by molar-refractivity contribution is 6.30. The zero-order valence-electron chi connectivity index (χ0n) is 7.63. The third kappa shape index (κ3) is 2.33. The summed E-state index contributed by atoms with van der Waals surface area (Å²) in [5.74, 6) is -1.40. The van der Waals surface area contributed by atoms with E-state index in [1.807, 2.05) is 0 Å². The number of aromatic nitrogens is 1. The Bertz CT molecular complexity index is 398. The minimum absolute atomic E-state index is 0.141. The molecule has 0 fully saturated rings. The smallest absolute Gasteiger partial charge is 0.338 e. The van der Waals surface area contributed by atoms with Crippen molar-refractivity contribution in [2.45, 2.75) is 6.43 Å². The molecule has 82 valence electrons. The van der Waals surface area contributed by atoms with E-state index in [4.69, 9.17) is 17.3 Å². The Morgan fingerprint density at radius 3 is 2.73 bits per heavy atom. The molecule has 0 saturated carbocycles. The maximum atomic E-state index is 12.5. The Morgan fingerprint density at radius 2 is 2.27 bits per heavy atom. The molecule has 15 heavy (non-hydrogen) atoms. The Morgan fingerprint density at radius 1 is 1.67 bits per heavy atom. The molecule has 0 spiro atoms. The van der Waals surface area contributed by atoms with Crippen LogP contribution < -0.4 is 5.73 Å². The number of anilines is 1. The number of hydrogen-bond donors (Lipinski definition) is 1. The first-order chi connectivity index (χ1) is 6.97. The van der Waals surface area contributed by atoms with E-state index in [0.717, 1.165) is 13.2 Å². The van der Waals surface area contributed by atoms with Gasteiger partial charge in [-0.15, -0.1) is 0 Å². The highest BCUT2D eigenvalue weighted by Crippen LogP contribution is 2.29. The molecule has 2 N–H and O–H groups in total. The van der Waals surface area contributed by atoms with Crippen LogP contribution in [0.2, 0.25) is 5.15 Å². The van der Waals surface area contributed by atoms with Gasteiger partial charge in [0, 0.05) is 0 Å². The lowest BCUT2D eigenvalue weighted by Crippen LogP contribution is -2.10. The van der Waals surface area contributed by atoms with Crippen molar-refractivity contribution >= 4 is 23.4 Å². The molecular weight excluding hydrogens is 230 g/mol. The summed E-state index contributed by atoms with van der Waals surface area (Å²) in [6.45, 7) is 0. The first-order valence-electron chi connectivity index (χ1n) is 3.79. The van der Waals surface area contributed by atoms with E-state index < -0.39 is 23.8 Å². The molecule has 7 heteroatoms. The molecule has 0 aliphatic carbocycles. The van der Waals surface area contributed by atoms with Crippen LogP contribution >= 0.6 is 11.6 Å². The van der Waals surface area contributed by atoms with Gasteiger partial charge in [0.15, 0.2) is 0 Å². The molecule has 1 aromatic rings. The van der Waals surface area contributed by atoms with Crippen molar-refractivity contribution in [2.75, 3.05) is 12.8 Å². The van der Waals surface area contributed by atoms with Crippen LogP contribution in [-0.2, 0) is 4.74 Å². The number of nitrogens with zero attached hydrogens (tertiary/aromatic N) is 1. The van der Waals surface area contributed by atoms with Gasteiger partial charge in [0.1, 0.15) is 11.0 Å². The summed E-state index contributed by atoms with van der Waals surface area (Å²) < 4.78 is 29.4. The number of rotatable bonds is 2. The second-order valence-electron chi connectivity index (χ2n) is 2.58. The molecule has 1 aromatic heterocycles. The third-order valence-corrected chi connectivity index (χ3v) is 1.87. The fourth-order valence-electron chi connectivity index (χ4n) is 1.05. The second-order valence-corrected chi connectivity index (χ2v) is 2.97. The predicted molar refractivity (Wildman–Crippen MR) is 50.0 cm³/mol. The highest BCUT2D eigenvalue weighted by atomic mass is 35.5. The molecule has 0 saturated heterocycles. The van der Waals surface area contributed by atoms with E-state index in [1.165, 1.54) is 0 Å². The Hall–Kier alpha value is -1.43. The monoisotopic (exact) mass is 236 g/mol. The van der Waals surface area contributed by atoms with Crippen molar-refractivity contribution in [3.8, 4) is 0 Å². The van der Waals surface area contributed by atoms with Crippen LogP contribution in [0, 0.1) is 0 Å². The molecule has 0 aliphatic rings. The fourth-order valence-corrected chi connectivity index (χ4v) is 1.25. The minimum Gasteiger partial charge on any atom is -0.465 e. The maximum Gasteiger partial charge on any atom is 0.338 e. The molecule has 1 rings (SSSR count). The molecule has 0 bridgehead atoms. The number of nitrogen functional groups attached to an aromatic ring is 1. The van der Waals surface area contributed by atoms with Gasteiger partial charge >= 0.3 is 5.97 Å². The fraction of sp³-hybridized carbons (Fsp3) is 0.250. The molecule has 0 aliphatic heterocycles. The van der Waals surface area contributed by atoms with Crippen LogP contribution in [0.3, 0.4) is 0 Å². The van der Waals surface area contributed by atoms with E-state index >= 15 is 0 Å². The van der Waals surface area contributed by atoms with Crippen molar-refractivity contribution in [1.29, 1.82) is 0 Å². The van der Waals surface area contributed by atoms with Crippen LogP contribution in [-0.4, -0.2) is 18.1 Å². The number of nitrogens with two attached hydrogens (primary N) is 1. The number of alkyl halides is 2. The first kappa shape index (κ1) is 11.6. The molecule has 1 heterocycles. The van der Waals surface area contributed by atoms with Gasteiger partial charge in [-0.1, -0.05) is 11.6 Å². The van der Waals surface area contributed by atoms with Gasteiger partial charge in [0.2, 0.25) is 0 Å². The summed E-state index contributed by atoms with van der Waals surface area (Å²) in [7, 11) is 1.07. The normalized spacial score (nSPS) is 10.5. The number of hydrogen-bond acceptors (Lipinski definition) is 4. The molecule has 0 amide bonds. The van der Waals surface area contributed by atoms with Gasteiger partial charge in [-0.05, 0) is 6.07 Å². The molecule has 0 radical (unpaired) electrons. The second kappa shape index (κ2) is 4.39. The average Bonchev–Trinajstić information content (AvgIpc) is 2.14. The van der Waals surface area contributed by atoms with E-state index in [-0.39, 0.29) is 10.7 Å². The van der Waals surface area contributed by atoms with Crippen molar-refractivity contribution in [2.24, 2.45) is 0 Å². The summed E-state index contributed by atoms with van der Waals surface area (Å²) in [4.78, 5) is 14.6. The van der Waals surface area contributed by atoms with Crippen LogP contribution in [0.15, 0.2) is 6.07 Å². The van der Waals surface area contributed by atoms with Crippen LogP contribution in [0.5, 0.6) is 0 Å². The zero-order chi connectivity index (χ0) is 11.6. The van der Waals surface area contributed by atoms with Crippen LogP contribution in [0.4, 0.5) is 14.6 Å². The number of carbonyl (C=O) groups is 1. The minimum atomic E-state index is -2.91. The number of ether oxygens (including phenoxy) is 1. The van der Waals surface area contributed by atoms with Gasteiger partial charge in [0.05, 0.1) is 18.2 Å². The number of esters is 1. The van der Waals surface area contributed by atoms with Gasteiger partial charge in [0.25, 0.3) is 6.43 Å². The Labute approximate surface area is 89.0 Å². The van der Waals surface area contributed by atoms with E-state index in [2.05, 4.69) is 9.72 Å². The van der Waals surface area contributed by atoms with Crippen molar-refractivity contribution in [1.82, 2.24) is 4.98 Å². The SMILES string of the molecule is COC(=O)c1cc(Cl)nc(N)c1C(F)F. The Balaban J connectivity index is 3.40. The summed E-state index contributed by atoms with van der Waals surface area (Å²) in [5.41, 5.74) is 4.20. The molecule has 0 aromatic carbocycles. The van der Waals surface area contributed by atoms with Gasteiger partial charge in [-0.3, -0.25) is 0 Å². The van der Waals surface area contributed by atoms with Crippen molar-refractivity contribution < 1.29 is 18.3 Å². The van der Waals surface area contributed by atoms with E-state index in [0.29, 0.717) is 0 Å². The lowest BCUT2D eigenvalue weighted by Gasteiger charge is -2.09. The number of pyridine rings is 1. The predicted octanol–water partition coefficient (Wildman–Crippen LogP) is 2.04. The topological polar surface area (TPSA) is 65.2 Å². The lowest BCUT2D eigenvalue weighted by molar-refractivity contribution is 0.0589. The summed E-state index contributed by atoms with van der Waals surface area (Å²) in [6, 6.07) is 0.991. The van der Waals surface area contributed by atoms with Crippen LogP contribution in [0.1, 0.15) is 22.3 Å². The van der Waals surface area contributed by atoms with Crippen molar-refractivity contribution in [3.63, 3.8) is 0 Å². The Kier molecular flexibility index (Phi) is 3.41. The number of halogens is 3. The largest absolute Gasteiger partial charge is 0.465 e. The number of carbonyl (C=O) groups excluding carboxylic acids is 1. The number of methoxy groups -OCH3 is 1. The molecule has 0 atom stereocenters. The summed E-state index contributed by atoms with van der Waals surface area (Å²) in [5, 5.41) is -0.141. The van der Waals surface area contributed by atoms with Gasteiger partial charge in [-0.25, -0.2) is 18.6 Å². The van der Waals surface area contributed by atoms with E-state index in [1.54, 1.807) is 0 Å². The highest BCUT2D eigenvalue weighted by Gasteiger charge is 2.23. The third-order valence-electron chi connectivity index (χ3n) is 1.68.